The van der Waals surface area contributed by atoms with Crippen molar-refractivity contribution in [2.24, 2.45) is 5.92 Å². The highest BCUT2D eigenvalue weighted by atomic mass is 32.2. The Hall–Kier alpha value is -1.13. The molecule has 0 heterocycles. The van der Waals surface area contributed by atoms with Gasteiger partial charge in [-0.05, 0) is 50.7 Å². The van der Waals surface area contributed by atoms with E-state index in [0.29, 0.717) is 5.92 Å². The molecule has 0 spiro atoms. The third-order valence-corrected chi connectivity index (χ3v) is 4.88. The summed E-state index contributed by atoms with van der Waals surface area (Å²) in [6.45, 7) is 6.16. The molecule has 1 fully saturated rings. The summed E-state index contributed by atoms with van der Waals surface area (Å²) >= 11 is 0. The Morgan fingerprint density at radius 2 is 1.79 bits per heavy atom. The normalized spacial score (nSPS) is 17.6. The van der Waals surface area contributed by atoms with E-state index < -0.39 is 10.1 Å². The molecule has 0 saturated heterocycles. The molecule has 0 N–H and O–H groups in total. The van der Waals surface area contributed by atoms with Crippen molar-refractivity contribution in [2.75, 3.05) is 6.61 Å². The van der Waals surface area contributed by atoms with Crippen molar-refractivity contribution in [3.05, 3.63) is 42.0 Å². The molecule has 1 saturated carbocycles. The predicted octanol–water partition coefficient (Wildman–Crippen LogP) is 3.45. The Morgan fingerprint density at radius 1 is 1.21 bits per heavy atom. The van der Waals surface area contributed by atoms with E-state index in [2.05, 4.69) is 6.58 Å². The van der Waals surface area contributed by atoms with Gasteiger partial charge < -0.3 is 0 Å². The van der Waals surface area contributed by atoms with Gasteiger partial charge in [0.25, 0.3) is 10.1 Å². The zero-order valence-corrected chi connectivity index (χ0v) is 12.1. The number of rotatable bonds is 4. The topological polar surface area (TPSA) is 43.4 Å². The lowest BCUT2D eigenvalue weighted by molar-refractivity contribution is 0.227. The van der Waals surface area contributed by atoms with Crippen LogP contribution in [0.15, 0.2) is 41.3 Å². The van der Waals surface area contributed by atoms with Gasteiger partial charge in [-0.3, -0.25) is 4.18 Å². The fraction of sp³-hybridized carbons (Fsp3) is 0.467. The summed E-state index contributed by atoms with van der Waals surface area (Å²) in [7, 11) is -3.61. The van der Waals surface area contributed by atoms with E-state index in [1.54, 1.807) is 24.3 Å². The van der Waals surface area contributed by atoms with Gasteiger partial charge in [-0.2, -0.15) is 8.42 Å². The van der Waals surface area contributed by atoms with Crippen molar-refractivity contribution in [3.63, 3.8) is 0 Å². The SMILES string of the molecule is C=C1CCC(COS(=O)(=O)c2ccc(C)cc2)CC1. The molecule has 0 bridgehead atoms. The first-order chi connectivity index (χ1) is 8.97. The molecular formula is C15H20O3S. The summed E-state index contributed by atoms with van der Waals surface area (Å²) < 4.78 is 29.2. The van der Waals surface area contributed by atoms with Crippen molar-refractivity contribution in [2.45, 2.75) is 37.5 Å². The number of hydrogen-bond acceptors (Lipinski definition) is 3. The van der Waals surface area contributed by atoms with Gasteiger partial charge in [0.2, 0.25) is 0 Å². The number of benzene rings is 1. The van der Waals surface area contributed by atoms with Gasteiger partial charge in [-0.25, -0.2) is 0 Å². The summed E-state index contributed by atoms with van der Waals surface area (Å²) in [6, 6.07) is 6.74. The average Bonchev–Trinajstić information content (AvgIpc) is 2.39. The van der Waals surface area contributed by atoms with Crippen LogP contribution in [0.25, 0.3) is 0 Å². The van der Waals surface area contributed by atoms with Crippen LogP contribution in [-0.4, -0.2) is 15.0 Å². The maximum Gasteiger partial charge on any atom is 0.296 e. The van der Waals surface area contributed by atoms with Gasteiger partial charge in [-0.1, -0.05) is 29.8 Å². The Morgan fingerprint density at radius 3 is 2.37 bits per heavy atom. The smallest absolute Gasteiger partial charge is 0.266 e. The maximum atomic E-state index is 12.0. The summed E-state index contributed by atoms with van der Waals surface area (Å²) in [5.41, 5.74) is 2.29. The van der Waals surface area contributed by atoms with Crippen LogP contribution in [0.2, 0.25) is 0 Å². The molecule has 2 rings (SSSR count). The minimum Gasteiger partial charge on any atom is -0.266 e. The van der Waals surface area contributed by atoms with Crippen LogP contribution >= 0.6 is 0 Å². The fourth-order valence-electron chi connectivity index (χ4n) is 2.21. The molecule has 1 aliphatic rings. The Labute approximate surface area is 115 Å². The molecule has 0 unspecified atom stereocenters. The zero-order chi connectivity index (χ0) is 13.9. The molecule has 0 atom stereocenters. The maximum absolute atomic E-state index is 12.0. The number of aryl methyl sites for hydroxylation is 1. The fourth-order valence-corrected chi connectivity index (χ4v) is 3.19. The molecule has 0 aliphatic heterocycles. The van der Waals surface area contributed by atoms with Gasteiger partial charge in [-0.15, -0.1) is 0 Å². The van der Waals surface area contributed by atoms with Gasteiger partial charge in [0, 0.05) is 0 Å². The molecule has 0 radical (unpaired) electrons. The van der Waals surface area contributed by atoms with Crippen molar-refractivity contribution < 1.29 is 12.6 Å². The Bertz CT molecular complexity index is 533. The van der Waals surface area contributed by atoms with E-state index in [1.807, 2.05) is 6.92 Å². The van der Waals surface area contributed by atoms with Crippen LogP contribution in [0, 0.1) is 12.8 Å². The van der Waals surface area contributed by atoms with E-state index in [0.717, 1.165) is 31.2 Å². The van der Waals surface area contributed by atoms with Crippen LogP contribution in [0.3, 0.4) is 0 Å². The largest absolute Gasteiger partial charge is 0.296 e. The number of hydrogen-bond donors (Lipinski definition) is 0. The zero-order valence-electron chi connectivity index (χ0n) is 11.3. The highest BCUT2D eigenvalue weighted by Gasteiger charge is 2.20. The molecule has 3 nitrogen and oxygen atoms in total. The molecule has 19 heavy (non-hydrogen) atoms. The predicted molar refractivity (Wildman–Crippen MR) is 75.4 cm³/mol. The van der Waals surface area contributed by atoms with Gasteiger partial charge in [0.1, 0.15) is 0 Å². The van der Waals surface area contributed by atoms with Gasteiger partial charge in [0.15, 0.2) is 0 Å². The summed E-state index contributed by atoms with van der Waals surface area (Å²) in [5.74, 6) is 0.325. The second kappa shape index (κ2) is 5.88. The lowest BCUT2D eigenvalue weighted by Gasteiger charge is -2.22. The van der Waals surface area contributed by atoms with Crippen LogP contribution in [0.5, 0.6) is 0 Å². The Kier molecular flexibility index (Phi) is 4.42. The van der Waals surface area contributed by atoms with Crippen LogP contribution in [0.1, 0.15) is 31.2 Å². The summed E-state index contributed by atoms with van der Waals surface area (Å²) in [5, 5.41) is 0. The minimum atomic E-state index is -3.61. The van der Waals surface area contributed by atoms with E-state index >= 15 is 0 Å². The lowest BCUT2D eigenvalue weighted by Crippen LogP contribution is -2.17. The molecule has 1 aromatic rings. The summed E-state index contributed by atoms with van der Waals surface area (Å²) in [6.07, 6.45) is 3.92. The molecule has 4 heteroatoms. The van der Waals surface area contributed by atoms with Crippen LogP contribution < -0.4 is 0 Å². The monoisotopic (exact) mass is 280 g/mol. The Balaban J connectivity index is 1.94. The van der Waals surface area contributed by atoms with Gasteiger partial charge >= 0.3 is 0 Å². The highest BCUT2D eigenvalue weighted by molar-refractivity contribution is 7.86. The minimum absolute atomic E-state index is 0.235. The van der Waals surface area contributed by atoms with E-state index in [9.17, 15) is 8.42 Å². The van der Waals surface area contributed by atoms with E-state index in [4.69, 9.17) is 4.18 Å². The van der Waals surface area contributed by atoms with E-state index in [-0.39, 0.29) is 11.5 Å². The van der Waals surface area contributed by atoms with E-state index in [1.165, 1.54) is 5.57 Å². The van der Waals surface area contributed by atoms with Crippen LogP contribution in [0.4, 0.5) is 0 Å². The molecule has 1 aliphatic carbocycles. The third kappa shape index (κ3) is 3.91. The molecular weight excluding hydrogens is 260 g/mol. The van der Waals surface area contributed by atoms with Crippen molar-refractivity contribution in [1.29, 1.82) is 0 Å². The first-order valence-corrected chi connectivity index (χ1v) is 8.01. The first-order valence-electron chi connectivity index (χ1n) is 6.60. The van der Waals surface area contributed by atoms with Crippen molar-refractivity contribution in [1.82, 2.24) is 0 Å². The lowest BCUT2D eigenvalue weighted by atomic mass is 9.87. The molecule has 104 valence electrons. The molecule has 0 amide bonds. The van der Waals surface area contributed by atoms with Crippen LogP contribution in [-0.2, 0) is 14.3 Å². The summed E-state index contributed by atoms with van der Waals surface area (Å²) in [4.78, 5) is 0.235. The van der Waals surface area contributed by atoms with Gasteiger partial charge in [0.05, 0.1) is 11.5 Å². The third-order valence-electron chi connectivity index (χ3n) is 3.58. The average molecular weight is 280 g/mol. The standard InChI is InChI=1S/C15H20O3S/c1-12-3-7-14(8-4-12)11-18-19(16,17)15-9-5-13(2)6-10-15/h5-6,9-10,14H,1,3-4,7-8,11H2,2H3. The first kappa shape index (κ1) is 14.3. The highest BCUT2D eigenvalue weighted by Crippen LogP contribution is 2.28. The quantitative estimate of drug-likeness (QED) is 0.626. The van der Waals surface area contributed by atoms with Crippen molar-refractivity contribution >= 4 is 10.1 Å². The second-order valence-corrected chi connectivity index (χ2v) is 6.86. The number of allylic oxidation sites excluding steroid dienone is 1. The van der Waals surface area contributed by atoms with Crippen molar-refractivity contribution in [3.8, 4) is 0 Å². The second-order valence-electron chi connectivity index (χ2n) is 5.25. The molecule has 0 aromatic heterocycles. The molecule has 1 aromatic carbocycles.